The summed E-state index contributed by atoms with van der Waals surface area (Å²) in [6.45, 7) is 0. The average Bonchev–Trinajstić information content (AvgIpc) is 2.69. The van der Waals surface area contributed by atoms with Crippen LogP contribution in [0.15, 0.2) is 46.4 Å². The number of hydrogen-bond acceptors (Lipinski definition) is 8. The normalized spacial score (nSPS) is 12.6. The molecule has 1 heterocycles. The van der Waals surface area contributed by atoms with E-state index in [2.05, 4.69) is 9.98 Å². The van der Waals surface area contributed by atoms with Crippen LogP contribution in [0.2, 0.25) is 0 Å². The summed E-state index contributed by atoms with van der Waals surface area (Å²) >= 11 is 0. The molecular weight excluding hydrogens is 368 g/mol. The fourth-order valence-corrected chi connectivity index (χ4v) is 2.67. The molecule has 0 aliphatic carbocycles. The number of nitrogens with zero attached hydrogens (tertiary/aromatic N) is 4. The van der Waals surface area contributed by atoms with Gasteiger partial charge in [-0.1, -0.05) is 0 Å². The maximum Gasteiger partial charge on any atom is 0.345 e. The van der Waals surface area contributed by atoms with Crippen molar-refractivity contribution in [2.45, 2.75) is 0 Å². The van der Waals surface area contributed by atoms with Crippen LogP contribution in [0.3, 0.4) is 0 Å². The van der Waals surface area contributed by atoms with Gasteiger partial charge in [-0.3, -0.25) is 0 Å². The fourth-order valence-electron chi connectivity index (χ4n) is 2.67. The predicted octanol–water partition coefficient (Wildman–Crippen LogP) is 3.21. The predicted molar refractivity (Wildman–Crippen MR) is 97.3 cm³/mol. The molecule has 140 valence electrons. The number of rotatable bonds is 6. The zero-order valence-corrected chi connectivity index (χ0v) is 14.7. The van der Waals surface area contributed by atoms with Gasteiger partial charge < -0.3 is 9.47 Å². The first kappa shape index (κ1) is 18.5. The highest BCUT2D eigenvalue weighted by molar-refractivity contribution is 6.41. The number of carbonyl (C=O) groups is 2. The maximum absolute atomic E-state index is 12.6. The number of methoxy groups -OCH3 is 2. The highest BCUT2D eigenvalue weighted by Gasteiger charge is 2.46. The number of urea groups is 2. The van der Waals surface area contributed by atoms with Crippen LogP contribution < -0.4 is 19.3 Å². The molecule has 1 aliphatic rings. The standard InChI is InChI=1S/C18H12N4O6/c1-27-15-5-3-11(7-13(15)19-9-23)21-17(25)22(18(21)26)12-4-6-16(28-2)14(8-12)20-10-24/h3-8H,1-2H3. The van der Waals surface area contributed by atoms with Crippen LogP contribution in [-0.4, -0.2) is 38.4 Å². The third-order valence-electron chi connectivity index (χ3n) is 3.94. The zero-order valence-electron chi connectivity index (χ0n) is 14.7. The molecule has 0 aromatic heterocycles. The topological polar surface area (TPSA) is 118 Å². The third-order valence-corrected chi connectivity index (χ3v) is 3.94. The van der Waals surface area contributed by atoms with Crippen molar-refractivity contribution in [2.75, 3.05) is 24.0 Å². The summed E-state index contributed by atoms with van der Waals surface area (Å²) in [7, 11) is 2.78. The lowest BCUT2D eigenvalue weighted by Gasteiger charge is -2.38. The van der Waals surface area contributed by atoms with Crippen molar-refractivity contribution in [1.29, 1.82) is 0 Å². The van der Waals surface area contributed by atoms with Gasteiger partial charge in [0.2, 0.25) is 12.2 Å². The Balaban J connectivity index is 1.93. The number of anilines is 2. The van der Waals surface area contributed by atoms with Gasteiger partial charge in [0.15, 0.2) is 0 Å². The summed E-state index contributed by atoms with van der Waals surface area (Å²) in [5.41, 5.74) is 0.670. The largest absolute Gasteiger partial charge is 0.494 e. The Morgan fingerprint density at radius 2 is 1.14 bits per heavy atom. The van der Waals surface area contributed by atoms with E-state index in [0.717, 1.165) is 9.80 Å². The lowest BCUT2D eigenvalue weighted by molar-refractivity contribution is 0.226. The van der Waals surface area contributed by atoms with E-state index < -0.39 is 12.1 Å². The van der Waals surface area contributed by atoms with Crippen LogP contribution in [0.1, 0.15) is 0 Å². The Labute approximate surface area is 158 Å². The second kappa shape index (κ2) is 7.55. The molecule has 1 saturated heterocycles. The van der Waals surface area contributed by atoms with Gasteiger partial charge in [-0.05, 0) is 36.4 Å². The molecule has 0 N–H and O–H groups in total. The second-order valence-corrected chi connectivity index (χ2v) is 5.35. The number of carbonyl (C=O) groups excluding carboxylic acids is 4. The van der Waals surface area contributed by atoms with Crippen LogP contribution in [0.4, 0.5) is 32.3 Å². The van der Waals surface area contributed by atoms with Crippen molar-refractivity contribution >= 4 is 47.0 Å². The van der Waals surface area contributed by atoms with E-state index >= 15 is 0 Å². The van der Waals surface area contributed by atoms with E-state index in [1.165, 1.54) is 62.8 Å². The lowest BCUT2D eigenvalue weighted by Crippen LogP contribution is -2.64. The highest BCUT2D eigenvalue weighted by Crippen LogP contribution is 2.38. The summed E-state index contributed by atoms with van der Waals surface area (Å²) in [6.07, 6.45) is 2.78. The Kier molecular flexibility index (Phi) is 4.99. The van der Waals surface area contributed by atoms with E-state index in [1.807, 2.05) is 0 Å². The van der Waals surface area contributed by atoms with Crippen LogP contribution in [-0.2, 0) is 9.59 Å². The minimum atomic E-state index is -0.637. The molecule has 0 radical (unpaired) electrons. The van der Waals surface area contributed by atoms with E-state index in [-0.39, 0.29) is 34.2 Å². The summed E-state index contributed by atoms with van der Waals surface area (Å²) in [4.78, 5) is 55.1. The minimum absolute atomic E-state index is 0.126. The maximum atomic E-state index is 12.6. The number of hydrogen-bond donors (Lipinski definition) is 0. The van der Waals surface area contributed by atoms with Crippen LogP contribution in [0, 0.1) is 0 Å². The van der Waals surface area contributed by atoms with Crippen molar-refractivity contribution in [2.24, 2.45) is 9.98 Å². The van der Waals surface area contributed by atoms with Gasteiger partial charge in [0, 0.05) is 0 Å². The Morgan fingerprint density at radius 3 is 1.46 bits per heavy atom. The number of ether oxygens (including phenoxy) is 2. The SMILES string of the molecule is COc1ccc(N2C(=O)N(c3ccc(OC)c(N=C=O)c3)C2=O)cc1N=C=O. The van der Waals surface area contributed by atoms with Gasteiger partial charge in [0.05, 0.1) is 25.6 Å². The minimum Gasteiger partial charge on any atom is -0.494 e. The summed E-state index contributed by atoms with van der Waals surface area (Å²) in [6, 6.07) is 7.33. The molecule has 3 rings (SSSR count). The summed E-state index contributed by atoms with van der Waals surface area (Å²) in [5.74, 6) is 0.576. The molecule has 2 aromatic carbocycles. The molecular formula is C18H12N4O6. The first-order valence-electron chi connectivity index (χ1n) is 7.75. The quantitative estimate of drug-likeness (QED) is 0.561. The van der Waals surface area contributed by atoms with Gasteiger partial charge in [-0.15, -0.1) is 0 Å². The van der Waals surface area contributed by atoms with Crippen molar-refractivity contribution in [3.63, 3.8) is 0 Å². The monoisotopic (exact) mass is 380 g/mol. The van der Waals surface area contributed by atoms with Crippen molar-refractivity contribution in [1.82, 2.24) is 0 Å². The molecule has 0 saturated carbocycles. The van der Waals surface area contributed by atoms with Crippen LogP contribution in [0.5, 0.6) is 11.5 Å². The third kappa shape index (κ3) is 3.01. The Hall–Kier alpha value is -4.26. The highest BCUT2D eigenvalue weighted by atomic mass is 16.5. The van der Waals surface area contributed by atoms with Gasteiger partial charge in [-0.25, -0.2) is 29.0 Å². The number of aliphatic imine (C=N–C) groups is 2. The average molecular weight is 380 g/mol. The van der Waals surface area contributed by atoms with Gasteiger partial charge in [0.1, 0.15) is 22.9 Å². The number of imide groups is 2. The molecule has 4 amide bonds. The lowest BCUT2D eigenvalue weighted by atomic mass is 10.2. The zero-order chi connectivity index (χ0) is 20.3. The number of benzene rings is 2. The van der Waals surface area contributed by atoms with Crippen molar-refractivity contribution < 1.29 is 28.7 Å². The van der Waals surface area contributed by atoms with Crippen LogP contribution in [0.25, 0.3) is 0 Å². The molecule has 2 aromatic rings. The molecule has 0 atom stereocenters. The van der Waals surface area contributed by atoms with E-state index in [1.54, 1.807) is 0 Å². The van der Waals surface area contributed by atoms with Gasteiger partial charge in [-0.2, -0.15) is 9.98 Å². The second-order valence-electron chi connectivity index (χ2n) is 5.35. The van der Waals surface area contributed by atoms with Crippen molar-refractivity contribution in [3.8, 4) is 11.5 Å². The van der Waals surface area contributed by atoms with E-state index in [0.29, 0.717) is 0 Å². The number of isocyanates is 2. The molecule has 1 aliphatic heterocycles. The van der Waals surface area contributed by atoms with Gasteiger partial charge in [0.25, 0.3) is 0 Å². The first-order valence-corrected chi connectivity index (χ1v) is 7.75. The molecule has 0 bridgehead atoms. The number of amides is 4. The molecule has 0 unspecified atom stereocenters. The van der Waals surface area contributed by atoms with E-state index in [4.69, 9.17) is 9.47 Å². The molecule has 10 heteroatoms. The summed E-state index contributed by atoms with van der Waals surface area (Å²) < 4.78 is 10.1. The van der Waals surface area contributed by atoms with E-state index in [9.17, 15) is 19.2 Å². The molecule has 28 heavy (non-hydrogen) atoms. The Bertz CT molecular complexity index is 972. The van der Waals surface area contributed by atoms with Gasteiger partial charge >= 0.3 is 12.1 Å². The smallest absolute Gasteiger partial charge is 0.345 e. The van der Waals surface area contributed by atoms with Crippen LogP contribution >= 0.6 is 0 Å². The molecule has 10 nitrogen and oxygen atoms in total. The fraction of sp³-hybridized carbons (Fsp3) is 0.111. The van der Waals surface area contributed by atoms with Crippen molar-refractivity contribution in [3.05, 3.63) is 36.4 Å². The first-order chi connectivity index (χ1) is 13.5. The summed E-state index contributed by atoms with van der Waals surface area (Å²) in [5, 5.41) is 0. The molecule has 0 spiro atoms. The molecule has 1 fully saturated rings. The Morgan fingerprint density at radius 1 is 0.750 bits per heavy atom.